The Labute approximate surface area is 167 Å². The Balaban J connectivity index is 1.51. The molecule has 9 heteroatoms. The quantitative estimate of drug-likeness (QED) is 0.541. The monoisotopic (exact) mass is 425 g/mol. The number of fused-ring (bicyclic) bond motifs is 3. The van der Waals surface area contributed by atoms with Gasteiger partial charge in [0.25, 0.3) is 0 Å². The van der Waals surface area contributed by atoms with Gasteiger partial charge < -0.3 is 4.90 Å². The highest BCUT2D eigenvalue weighted by Crippen LogP contribution is 2.39. The van der Waals surface area contributed by atoms with Crippen LogP contribution in [0, 0.1) is 0 Å². The summed E-state index contributed by atoms with van der Waals surface area (Å²) in [7, 11) is -3.00. The van der Waals surface area contributed by atoms with E-state index >= 15 is 0 Å². The molecule has 0 aromatic carbocycles. The van der Waals surface area contributed by atoms with Crippen LogP contribution in [0.2, 0.25) is 0 Å². The van der Waals surface area contributed by atoms with Gasteiger partial charge in [-0.3, -0.25) is 4.79 Å². The van der Waals surface area contributed by atoms with Crippen molar-refractivity contribution in [1.82, 2.24) is 14.9 Å². The first-order valence-electron chi connectivity index (χ1n) is 9.36. The molecule has 1 aliphatic carbocycles. The van der Waals surface area contributed by atoms with E-state index in [0.29, 0.717) is 13.0 Å². The molecule has 0 bridgehead atoms. The molecule has 1 saturated heterocycles. The van der Waals surface area contributed by atoms with Gasteiger partial charge in [0.15, 0.2) is 9.84 Å². The zero-order valence-corrected chi connectivity index (χ0v) is 17.8. The lowest BCUT2D eigenvalue weighted by Crippen LogP contribution is -2.41. The summed E-state index contributed by atoms with van der Waals surface area (Å²) in [4.78, 5) is 25.8. The van der Waals surface area contributed by atoms with E-state index in [2.05, 4.69) is 9.97 Å². The molecule has 0 radical (unpaired) electrons. The van der Waals surface area contributed by atoms with Crippen molar-refractivity contribution in [3.63, 3.8) is 0 Å². The Hall–Kier alpha value is -1.19. The predicted molar refractivity (Wildman–Crippen MR) is 109 cm³/mol. The predicted octanol–water partition coefficient (Wildman–Crippen LogP) is 2.70. The number of aromatic nitrogens is 2. The number of hydrogen-bond donors (Lipinski definition) is 0. The molecule has 4 rings (SSSR count). The minimum absolute atomic E-state index is 0.0135. The van der Waals surface area contributed by atoms with E-state index < -0.39 is 9.84 Å². The average molecular weight is 426 g/mol. The zero-order chi connectivity index (χ0) is 19.0. The third kappa shape index (κ3) is 3.86. The number of amides is 1. The van der Waals surface area contributed by atoms with Crippen molar-refractivity contribution in [1.29, 1.82) is 0 Å². The van der Waals surface area contributed by atoms with Gasteiger partial charge in [-0.05, 0) is 44.6 Å². The van der Waals surface area contributed by atoms with Crippen LogP contribution >= 0.6 is 23.1 Å². The Kier molecular flexibility index (Phi) is 5.44. The fourth-order valence-electron chi connectivity index (χ4n) is 4.04. The second kappa shape index (κ2) is 7.67. The molecular formula is C18H23N3O3S3. The SMILES string of the molecule is CCN(C(=O)CSc1ncnc2sc3c(c12)CCCC3)[C@@H]1CCS(=O)(=O)C1. The lowest BCUT2D eigenvalue weighted by Gasteiger charge is -2.26. The second-order valence-corrected chi connectivity index (χ2v) is 11.4. The molecule has 2 aromatic rings. The molecular weight excluding hydrogens is 402 g/mol. The Morgan fingerprint density at radius 1 is 1.33 bits per heavy atom. The number of hydrogen-bond acceptors (Lipinski definition) is 7. The van der Waals surface area contributed by atoms with Crippen molar-refractivity contribution in [2.45, 2.75) is 50.1 Å². The van der Waals surface area contributed by atoms with Gasteiger partial charge in [0.1, 0.15) is 16.2 Å². The number of nitrogens with zero attached hydrogens (tertiary/aromatic N) is 3. The third-order valence-electron chi connectivity index (χ3n) is 5.36. The molecule has 0 spiro atoms. The molecule has 2 aromatic heterocycles. The van der Waals surface area contributed by atoms with E-state index in [1.165, 1.54) is 35.0 Å². The molecule has 0 saturated carbocycles. The third-order valence-corrected chi connectivity index (χ3v) is 9.28. The van der Waals surface area contributed by atoms with Crippen LogP contribution in [0.15, 0.2) is 11.4 Å². The van der Waals surface area contributed by atoms with E-state index in [9.17, 15) is 13.2 Å². The smallest absolute Gasteiger partial charge is 0.233 e. The van der Waals surface area contributed by atoms with Gasteiger partial charge in [0, 0.05) is 22.8 Å². The lowest BCUT2D eigenvalue weighted by molar-refractivity contribution is -0.129. The van der Waals surface area contributed by atoms with Gasteiger partial charge in [-0.2, -0.15) is 0 Å². The minimum Gasteiger partial charge on any atom is -0.338 e. The van der Waals surface area contributed by atoms with Crippen LogP contribution in [0.3, 0.4) is 0 Å². The van der Waals surface area contributed by atoms with E-state index in [1.807, 2.05) is 6.92 Å². The Bertz CT molecular complexity index is 971. The molecule has 6 nitrogen and oxygen atoms in total. The van der Waals surface area contributed by atoms with Crippen molar-refractivity contribution in [2.75, 3.05) is 23.8 Å². The van der Waals surface area contributed by atoms with E-state index in [-0.39, 0.29) is 29.2 Å². The summed E-state index contributed by atoms with van der Waals surface area (Å²) in [6, 6.07) is -0.188. The summed E-state index contributed by atoms with van der Waals surface area (Å²) in [6.07, 6.45) is 6.71. The first-order valence-corrected chi connectivity index (χ1v) is 13.0. The molecule has 2 aliphatic rings. The topological polar surface area (TPSA) is 80.2 Å². The van der Waals surface area contributed by atoms with Crippen LogP contribution in [0.25, 0.3) is 10.2 Å². The fraction of sp³-hybridized carbons (Fsp3) is 0.611. The van der Waals surface area contributed by atoms with Crippen LogP contribution in [0.4, 0.5) is 0 Å². The average Bonchev–Trinajstić information content (AvgIpc) is 3.20. The number of sulfone groups is 1. The van der Waals surface area contributed by atoms with Crippen molar-refractivity contribution in [3.05, 3.63) is 16.8 Å². The first kappa shape index (κ1) is 19.1. The molecule has 1 amide bonds. The summed E-state index contributed by atoms with van der Waals surface area (Å²) < 4.78 is 23.5. The maximum Gasteiger partial charge on any atom is 0.233 e. The molecule has 0 N–H and O–H groups in total. The van der Waals surface area contributed by atoms with Crippen LogP contribution in [-0.2, 0) is 27.5 Å². The molecule has 1 aliphatic heterocycles. The Morgan fingerprint density at radius 2 is 2.15 bits per heavy atom. The zero-order valence-electron chi connectivity index (χ0n) is 15.3. The number of thioether (sulfide) groups is 1. The Morgan fingerprint density at radius 3 is 2.89 bits per heavy atom. The number of carbonyl (C=O) groups excluding carboxylic acids is 1. The van der Waals surface area contributed by atoms with Gasteiger partial charge >= 0.3 is 0 Å². The van der Waals surface area contributed by atoms with Gasteiger partial charge in [-0.1, -0.05) is 11.8 Å². The van der Waals surface area contributed by atoms with E-state index in [1.54, 1.807) is 22.6 Å². The molecule has 27 heavy (non-hydrogen) atoms. The molecule has 3 heterocycles. The van der Waals surface area contributed by atoms with Crippen LogP contribution < -0.4 is 0 Å². The maximum absolute atomic E-state index is 12.8. The van der Waals surface area contributed by atoms with Crippen LogP contribution in [-0.4, -0.2) is 59.0 Å². The van der Waals surface area contributed by atoms with Crippen molar-refractivity contribution in [2.24, 2.45) is 0 Å². The number of thiophene rings is 1. The summed E-state index contributed by atoms with van der Waals surface area (Å²) in [5.41, 5.74) is 1.37. The van der Waals surface area contributed by atoms with Gasteiger partial charge in [0.2, 0.25) is 5.91 Å². The van der Waals surface area contributed by atoms with Gasteiger partial charge in [-0.25, -0.2) is 18.4 Å². The largest absolute Gasteiger partial charge is 0.338 e. The van der Waals surface area contributed by atoms with Crippen LogP contribution in [0.1, 0.15) is 36.6 Å². The van der Waals surface area contributed by atoms with Crippen LogP contribution in [0.5, 0.6) is 0 Å². The number of rotatable bonds is 5. The molecule has 0 unspecified atom stereocenters. The number of aryl methyl sites for hydroxylation is 2. The van der Waals surface area contributed by atoms with E-state index in [0.717, 1.165) is 28.1 Å². The lowest BCUT2D eigenvalue weighted by atomic mass is 9.97. The highest BCUT2D eigenvalue weighted by molar-refractivity contribution is 8.00. The molecule has 1 fully saturated rings. The van der Waals surface area contributed by atoms with Gasteiger partial charge in [-0.15, -0.1) is 11.3 Å². The van der Waals surface area contributed by atoms with Crippen molar-refractivity contribution in [3.8, 4) is 0 Å². The highest BCUT2D eigenvalue weighted by Gasteiger charge is 2.34. The second-order valence-electron chi connectivity index (χ2n) is 7.10. The number of carbonyl (C=O) groups is 1. The fourth-order valence-corrected chi connectivity index (χ4v) is 7.98. The standard InChI is InChI=1S/C18H23N3O3S3/c1-2-21(12-7-8-27(23,24)10-12)15(22)9-25-17-16-13-5-3-4-6-14(13)26-18(16)20-11-19-17/h11-12H,2-10H2,1H3/t12-/m1/s1. The van der Waals surface area contributed by atoms with Crippen molar-refractivity contribution >= 4 is 49.1 Å². The highest BCUT2D eigenvalue weighted by atomic mass is 32.2. The summed E-state index contributed by atoms with van der Waals surface area (Å²) in [5.74, 6) is 0.538. The first-order chi connectivity index (χ1) is 13.0. The summed E-state index contributed by atoms with van der Waals surface area (Å²) in [5, 5.41) is 2.00. The molecule has 146 valence electrons. The maximum atomic E-state index is 12.8. The minimum atomic E-state index is -3.00. The summed E-state index contributed by atoms with van der Waals surface area (Å²) in [6.45, 7) is 2.44. The summed E-state index contributed by atoms with van der Waals surface area (Å²) >= 11 is 3.21. The molecule has 1 atom stereocenters. The van der Waals surface area contributed by atoms with E-state index in [4.69, 9.17) is 0 Å². The van der Waals surface area contributed by atoms with Gasteiger partial charge in [0.05, 0.1) is 17.3 Å². The van der Waals surface area contributed by atoms with Crippen molar-refractivity contribution < 1.29 is 13.2 Å². The normalized spacial score (nSPS) is 21.3.